The maximum atomic E-state index is 12.3. The summed E-state index contributed by atoms with van der Waals surface area (Å²) in [5.41, 5.74) is 7.14. The van der Waals surface area contributed by atoms with Crippen molar-refractivity contribution < 1.29 is 4.79 Å². The second-order valence-corrected chi connectivity index (χ2v) is 5.43. The van der Waals surface area contributed by atoms with Crippen LogP contribution in [-0.4, -0.2) is 27.6 Å². The summed E-state index contributed by atoms with van der Waals surface area (Å²) in [4.78, 5) is 16.5. The third-order valence-electron chi connectivity index (χ3n) is 4.16. The summed E-state index contributed by atoms with van der Waals surface area (Å²) in [5.74, 6) is 0.766. The van der Waals surface area contributed by atoms with Gasteiger partial charge in [0.25, 0.3) is 0 Å². The van der Waals surface area contributed by atoms with E-state index in [4.69, 9.17) is 5.73 Å². The minimum Gasteiger partial charge on any atom is -0.330 e. The Hall–Kier alpha value is -1.47. The first-order valence-corrected chi connectivity index (χ1v) is 7.07. The number of pyridine rings is 1. The molecule has 3 rings (SSSR count). The average Bonchev–Trinajstić information content (AvgIpc) is 2.97. The van der Waals surface area contributed by atoms with Crippen molar-refractivity contribution in [2.24, 2.45) is 17.6 Å². The van der Waals surface area contributed by atoms with E-state index in [1.165, 1.54) is 0 Å². The van der Waals surface area contributed by atoms with Crippen LogP contribution in [0.5, 0.6) is 0 Å². The Kier molecular flexibility index (Phi) is 5.30. The fourth-order valence-corrected chi connectivity index (χ4v) is 2.86. The molecular weight excluding hydrogens is 334 g/mol. The first-order valence-electron chi connectivity index (χ1n) is 7.07. The molecule has 2 heterocycles. The number of amides is 1. The molecule has 7 heteroatoms. The number of anilines is 1. The van der Waals surface area contributed by atoms with E-state index in [1.807, 2.05) is 0 Å². The van der Waals surface area contributed by atoms with Gasteiger partial charge in [-0.05, 0) is 44.2 Å². The number of nitrogens with two attached hydrogens (primary N) is 1. The molecule has 2 aromatic rings. The van der Waals surface area contributed by atoms with Gasteiger partial charge in [0.1, 0.15) is 0 Å². The average molecular weight is 354 g/mol. The Labute approximate surface area is 133 Å². The summed E-state index contributed by atoms with van der Waals surface area (Å²) in [6, 6.07) is 1.81. The van der Waals surface area contributed by atoms with Gasteiger partial charge < -0.3 is 11.1 Å². The molecule has 0 bridgehead atoms. The van der Waals surface area contributed by atoms with Crippen molar-refractivity contribution >= 4 is 39.6 Å². The van der Waals surface area contributed by atoms with Crippen molar-refractivity contribution in [3.8, 4) is 0 Å². The van der Waals surface area contributed by atoms with Crippen molar-refractivity contribution in [1.82, 2.24) is 15.2 Å². The van der Waals surface area contributed by atoms with Gasteiger partial charge in [-0.2, -0.15) is 5.10 Å². The maximum absolute atomic E-state index is 12.3. The number of nitrogens with one attached hydrogen (secondary N) is 2. The lowest BCUT2D eigenvalue weighted by atomic mass is 9.81. The summed E-state index contributed by atoms with van der Waals surface area (Å²) >= 11 is 0. The second kappa shape index (κ2) is 7.00. The molecule has 1 aliphatic carbocycles. The highest BCUT2D eigenvalue weighted by atomic mass is 79.9. The zero-order valence-electron chi connectivity index (χ0n) is 11.7. The zero-order valence-corrected chi connectivity index (χ0v) is 13.4. The van der Waals surface area contributed by atoms with Crippen LogP contribution in [-0.2, 0) is 4.79 Å². The molecule has 0 aliphatic heterocycles. The summed E-state index contributed by atoms with van der Waals surface area (Å²) < 4.78 is 0. The Bertz CT molecular complexity index is 606. The molecule has 1 amide bonds. The highest BCUT2D eigenvalue weighted by molar-refractivity contribution is 8.93. The number of H-pyrrole nitrogens is 1. The third kappa shape index (κ3) is 3.41. The van der Waals surface area contributed by atoms with Crippen molar-refractivity contribution in [1.29, 1.82) is 0 Å². The Morgan fingerprint density at radius 3 is 2.86 bits per heavy atom. The molecule has 0 saturated heterocycles. The molecule has 4 N–H and O–H groups in total. The zero-order chi connectivity index (χ0) is 13.9. The SMILES string of the molecule is Br.NCC1CCC(C(=O)Nc2ccnc3[nH]ncc23)CC1. The first-order chi connectivity index (χ1) is 9.78. The fraction of sp³-hybridized carbons (Fsp3) is 0.500. The predicted molar refractivity (Wildman–Crippen MR) is 87.3 cm³/mol. The Morgan fingerprint density at radius 1 is 1.38 bits per heavy atom. The molecule has 2 aromatic heterocycles. The normalized spacial score (nSPS) is 21.8. The Balaban J connectivity index is 0.00000161. The van der Waals surface area contributed by atoms with Gasteiger partial charge in [0.05, 0.1) is 17.3 Å². The number of nitrogens with zero attached hydrogens (tertiary/aromatic N) is 2. The lowest BCUT2D eigenvalue weighted by Crippen LogP contribution is -2.29. The number of halogens is 1. The lowest BCUT2D eigenvalue weighted by Gasteiger charge is -2.26. The van der Waals surface area contributed by atoms with E-state index < -0.39 is 0 Å². The van der Waals surface area contributed by atoms with E-state index >= 15 is 0 Å². The molecule has 114 valence electrons. The summed E-state index contributed by atoms with van der Waals surface area (Å²) in [6.45, 7) is 0.730. The Morgan fingerprint density at radius 2 is 2.14 bits per heavy atom. The smallest absolute Gasteiger partial charge is 0.227 e. The van der Waals surface area contributed by atoms with E-state index in [0.717, 1.165) is 43.3 Å². The molecule has 6 nitrogen and oxygen atoms in total. The highest BCUT2D eigenvalue weighted by Gasteiger charge is 2.25. The first kappa shape index (κ1) is 15.9. The summed E-state index contributed by atoms with van der Waals surface area (Å²) in [7, 11) is 0. The largest absolute Gasteiger partial charge is 0.330 e. The second-order valence-electron chi connectivity index (χ2n) is 5.43. The maximum Gasteiger partial charge on any atom is 0.227 e. The fourth-order valence-electron chi connectivity index (χ4n) is 2.86. The number of aromatic amines is 1. The van der Waals surface area contributed by atoms with Gasteiger partial charge in [0.2, 0.25) is 5.91 Å². The molecule has 0 spiro atoms. The number of rotatable bonds is 3. The molecule has 0 aromatic carbocycles. The summed E-state index contributed by atoms with van der Waals surface area (Å²) in [5, 5.41) is 10.6. The van der Waals surface area contributed by atoms with Crippen LogP contribution in [0.1, 0.15) is 25.7 Å². The van der Waals surface area contributed by atoms with Crippen molar-refractivity contribution in [2.45, 2.75) is 25.7 Å². The monoisotopic (exact) mass is 353 g/mol. The number of hydrogen-bond acceptors (Lipinski definition) is 4. The van der Waals surface area contributed by atoms with Gasteiger partial charge in [0, 0.05) is 12.1 Å². The number of carbonyl (C=O) groups excluding carboxylic acids is 1. The molecule has 1 aliphatic rings. The van der Waals surface area contributed by atoms with Gasteiger partial charge in [-0.15, -0.1) is 17.0 Å². The molecular formula is C14H20BrN5O. The molecule has 0 atom stereocenters. The molecule has 0 radical (unpaired) electrons. The van der Waals surface area contributed by atoms with E-state index in [0.29, 0.717) is 11.6 Å². The van der Waals surface area contributed by atoms with Crippen molar-refractivity contribution in [3.63, 3.8) is 0 Å². The van der Waals surface area contributed by atoms with Crippen LogP contribution in [0.2, 0.25) is 0 Å². The van der Waals surface area contributed by atoms with Gasteiger partial charge in [-0.25, -0.2) is 4.98 Å². The van der Waals surface area contributed by atoms with Crippen LogP contribution in [0.3, 0.4) is 0 Å². The molecule has 1 saturated carbocycles. The van der Waals surface area contributed by atoms with Crippen LogP contribution < -0.4 is 11.1 Å². The molecule has 1 fully saturated rings. The number of fused-ring (bicyclic) bond motifs is 1. The number of aromatic nitrogens is 3. The number of hydrogen-bond donors (Lipinski definition) is 3. The summed E-state index contributed by atoms with van der Waals surface area (Å²) in [6.07, 6.45) is 7.30. The van der Waals surface area contributed by atoms with Crippen molar-refractivity contribution in [2.75, 3.05) is 11.9 Å². The van der Waals surface area contributed by atoms with Gasteiger partial charge >= 0.3 is 0 Å². The minimum absolute atomic E-state index is 0. The van der Waals surface area contributed by atoms with E-state index in [1.54, 1.807) is 18.5 Å². The van der Waals surface area contributed by atoms with Gasteiger partial charge in [-0.3, -0.25) is 9.89 Å². The lowest BCUT2D eigenvalue weighted by molar-refractivity contribution is -0.121. The van der Waals surface area contributed by atoms with Crippen LogP contribution in [0.25, 0.3) is 11.0 Å². The van der Waals surface area contributed by atoms with E-state index in [2.05, 4.69) is 20.5 Å². The standard InChI is InChI=1S/C14H19N5O.BrH/c15-7-9-1-3-10(4-2-9)14(20)18-12-5-6-16-13-11(12)8-17-19-13;/h5-6,8-10H,1-4,7,15H2,(H2,16,17,18,19,20);1H. The topological polar surface area (TPSA) is 96.7 Å². The van der Waals surface area contributed by atoms with E-state index in [9.17, 15) is 4.79 Å². The van der Waals surface area contributed by atoms with Crippen molar-refractivity contribution in [3.05, 3.63) is 18.5 Å². The minimum atomic E-state index is 0. The third-order valence-corrected chi connectivity index (χ3v) is 4.16. The van der Waals surface area contributed by atoms with Crippen LogP contribution >= 0.6 is 17.0 Å². The van der Waals surface area contributed by atoms with Gasteiger partial charge in [-0.1, -0.05) is 0 Å². The molecule has 21 heavy (non-hydrogen) atoms. The van der Waals surface area contributed by atoms with Crippen LogP contribution in [0.15, 0.2) is 18.5 Å². The quantitative estimate of drug-likeness (QED) is 0.788. The van der Waals surface area contributed by atoms with Gasteiger partial charge in [0.15, 0.2) is 5.65 Å². The van der Waals surface area contributed by atoms with Crippen LogP contribution in [0.4, 0.5) is 5.69 Å². The van der Waals surface area contributed by atoms with E-state index in [-0.39, 0.29) is 28.8 Å². The molecule has 0 unspecified atom stereocenters. The highest BCUT2D eigenvalue weighted by Crippen LogP contribution is 2.29. The number of carbonyl (C=O) groups is 1. The predicted octanol–water partition coefficient (Wildman–Crippen LogP) is 2.24. The van der Waals surface area contributed by atoms with Crippen LogP contribution in [0, 0.1) is 11.8 Å².